The zero-order chi connectivity index (χ0) is 17.9. The number of hydrogen-bond donors (Lipinski definition) is 2. The Balaban J connectivity index is 2.20. The van der Waals surface area contributed by atoms with Gasteiger partial charge in [0.25, 0.3) is 0 Å². The lowest BCUT2D eigenvalue weighted by Crippen LogP contribution is -2.14. The third kappa shape index (κ3) is 4.15. The molecular formula is C19H28FN3O. The molecule has 1 aromatic carbocycles. The van der Waals surface area contributed by atoms with E-state index in [9.17, 15) is 9.50 Å². The molecule has 0 spiro atoms. The number of anilines is 1. The number of aliphatic hydroxyl groups is 1. The van der Waals surface area contributed by atoms with Gasteiger partial charge in [-0.3, -0.25) is 0 Å². The normalized spacial score (nSPS) is 14.0. The number of rotatable bonds is 7. The van der Waals surface area contributed by atoms with Crippen LogP contribution in [0.1, 0.15) is 62.6 Å². The van der Waals surface area contributed by atoms with Gasteiger partial charge in [-0.25, -0.2) is 4.68 Å². The second-order valence-corrected chi connectivity index (χ2v) is 6.92. The molecule has 132 valence electrons. The summed E-state index contributed by atoms with van der Waals surface area (Å²) in [6, 6.07) is 7.90. The van der Waals surface area contributed by atoms with Crippen molar-refractivity contribution in [3.8, 4) is 0 Å². The summed E-state index contributed by atoms with van der Waals surface area (Å²) in [5.74, 6) is 0.506. The van der Waals surface area contributed by atoms with E-state index in [4.69, 9.17) is 0 Å². The van der Waals surface area contributed by atoms with Crippen LogP contribution < -0.4 is 5.32 Å². The van der Waals surface area contributed by atoms with Crippen molar-refractivity contribution in [3.63, 3.8) is 0 Å². The van der Waals surface area contributed by atoms with E-state index in [0.717, 1.165) is 28.8 Å². The fraction of sp³-hybridized carbons (Fsp3) is 0.526. The maximum absolute atomic E-state index is 14.1. The summed E-state index contributed by atoms with van der Waals surface area (Å²) in [5, 5.41) is 17.5. The lowest BCUT2D eigenvalue weighted by Gasteiger charge is -2.21. The van der Waals surface area contributed by atoms with E-state index >= 15 is 0 Å². The predicted octanol–water partition coefficient (Wildman–Crippen LogP) is 4.51. The molecule has 2 N–H and O–H groups in total. The number of nitrogens with one attached hydrogen (secondary N) is 1. The number of aromatic nitrogens is 2. The number of aliphatic hydroxyl groups excluding tert-OH is 1. The molecule has 5 heteroatoms. The van der Waals surface area contributed by atoms with Gasteiger partial charge in [0.15, 0.2) is 6.23 Å². The van der Waals surface area contributed by atoms with Gasteiger partial charge in [0.2, 0.25) is 5.95 Å². The van der Waals surface area contributed by atoms with E-state index in [1.54, 1.807) is 6.92 Å². The maximum Gasteiger partial charge on any atom is 0.219 e. The Kier molecular flexibility index (Phi) is 5.99. The number of para-hydroxylation sites is 1. The summed E-state index contributed by atoms with van der Waals surface area (Å²) in [7, 11) is 1.53. The van der Waals surface area contributed by atoms with Crippen molar-refractivity contribution in [2.45, 2.75) is 52.7 Å². The van der Waals surface area contributed by atoms with E-state index in [1.165, 1.54) is 7.05 Å². The number of aryl methyl sites for hydroxylation is 2. The van der Waals surface area contributed by atoms with Crippen LogP contribution in [0.15, 0.2) is 24.3 Å². The molecule has 4 nitrogen and oxygen atoms in total. The molecule has 0 fully saturated rings. The fourth-order valence-corrected chi connectivity index (χ4v) is 2.97. The van der Waals surface area contributed by atoms with Gasteiger partial charge in [0, 0.05) is 12.7 Å². The molecule has 0 amide bonds. The van der Waals surface area contributed by atoms with Crippen molar-refractivity contribution in [2.75, 3.05) is 5.32 Å². The first-order valence-electron chi connectivity index (χ1n) is 8.53. The molecule has 2 aromatic rings. The molecule has 24 heavy (non-hydrogen) atoms. The lowest BCUT2D eigenvalue weighted by molar-refractivity contribution is 0.201. The Bertz CT molecular complexity index is 681. The number of benzene rings is 1. The first-order chi connectivity index (χ1) is 11.3. The van der Waals surface area contributed by atoms with Gasteiger partial charge < -0.3 is 10.4 Å². The summed E-state index contributed by atoms with van der Waals surface area (Å²) in [4.78, 5) is 0. The van der Waals surface area contributed by atoms with Crippen molar-refractivity contribution in [1.82, 2.24) is 9.78 Å². The van der Waals surface area contributed by atoms with E-state index < -0.39 is 12.2 Å². The van der Waals surface area contributed by atoms with Crippen LogP contribution >= 0.6 is 0 Å². The quantitative estimate of drug-likeness (QED) is 0.733. The third-order valence-electron chi connectivity index (χ3n) is 4.43. The molecule has 0 saturated carbocycles. The summed E-state index contributed by atoms with van der Waals surface area (Å²) in [6.45, 7) is 8.31. The van der Waals surface area contributed by atoms with Gasteiger partial charge in [-0.05, 0) is 36.8 Å². The molecule has 0 radical (unpaired) electrons. The van der Waals surface area contributed by atoms with E-state index in [2.05, 4.69) is 37.3 Å². The monoisotopic (exact) mass is 333 g/mol. The van der Waals surface area contributed by atoms with Crippen LogP contribution in [0.2, 0.25) is 0 Å². The molecule has 0 aliphatic heterocycles. The number of halogens is 1. The highest BCUT2D eigenvalue weighted by molar-refractivity contribution is 5.53. The topological polar surface area (TPSA) is 50.1 Å². The minimum Gasteiger partial charge on any atom is -0.369 e. The van der Waals surface area contributed by atoms with Crippen molar-refractivity contribution in [3.05, 3.63) is 47.0 Å². The molecule has 2 atom stereocenters. The zero-order valence-corrected chi connectivity index (χ0v) is 15.2. The third-order valence-corrected chi connectivity index (χ3v) is 4.43. The molecule has 0 aliphatic rings. The molecule has 0 bridgehead atoms. The Morgan fingerprint density at radius 2 is 1.88 bits per heavy atom. The Hall–Kier alpha value is -1.88. The summed E-state index contributed by atoms with van der Waals surface area (Å²) >= 11 is 0. The van der Waals surface area contributed by atoms with Gasteiger partial charge in [0.05, 0.1) is 11.3 Å². The van der Waals surface area contributed by atoms with Crippen molar-refractivity contribution in [1.29, 1.82) is 0 Å². The Labute approximate surface area is 143 Å². The van der Waals surface area contributed by atoms with Crippen LogP contribution in [0.4, 0.5) is 10.1 Å². The molecule has 2 unspecified atom stereocenters. The van der Waals surface area contributed by atoms with Crippen LogP contribution in [-0.2, 0) is 7.05 Å². The first kappa shape index (κ1) is 18.5. The van der Waals surface area contributed by atoms with Gasteiger partial charge in [-0.2, -0.15) is 9.49 Å². The number of hydrogen-bond acceptors (Lipinski definition) is 3. The van der Waals surface area contributed by atoms with Crippen LogP contribution in [0, 0.1) is 18.8 Å². The van der Waals surface area contributed by atoms with E-state index in [-0.39, 0.29) is 5.56 Å². The second-order valence-electron chi connectivity index (χ2n) is 6.92. The minimum absolute atomic E-state index is 0.196. The summed E-state index contributed by atoms with van der Waals surface area (Å²) < 4.78 is 15.3. The average Bonchev–Trinajstić information content (AvgIpc) is 2.78. The predicted molar refractivity (Wildman–Crippen MR) is 95.4 cm³/mol. The molecule has 1 heterocycles. The standard InChI is InChI=1S/C19H28FN3O/c1-12(2)10-11-13(3)15-8-6-7-9-16(15)21-19(24)17-14(4)22-23(5)18(17)20/h6-9,12-13,19,21,24H,10-11H2,1-5H3. The smallest absolute Gasteiger partial charge is 0.219 e. The molecule has 1 aromatic heterocycles. The highest BCUT2D eigenvalue weighted by atomic mass is 19.1. The highest BCUT2D eigenvalue weighted by Crippen LogP contribution is 2.31. The highest BCUT2D eigenvalue weighted by Gasteiger charge is 2.22. The molecule has 2 rings (SSSR count). The van der Waals surface area contributed by atoms with Gasteiger partial charge in [-0.1, -0.05) is 45.4 Å². The fourth-order valence-electron chi connectivity index (χ4n) is 2.97. The second kappa shape index (κ2) is 7.79. The van der Waals surface area contributed by atoms with E-state index in [1.807, 2.05) is 18.2 Å². The molecule has 0 saturated heterocycles. The van der Waals surface area contributed by atoms with Crippen LogP contribution in [-0.4, -0.2) is 14.9 Å². The van der Waals surface area contributed by atoms with Gasteiger partial charge in [0.1, 0.15) is 0 Å². The van der Waals surface area contributed by atoms with Crippen LogP contribution in [0.25, 0.3) is 0 Å². The Morgan fingerprint density at radius 1 is 1.21 bits per heavy atom. The molecular weight excluding hydrogens is 305 g/mol. The zero-order valence-electron chi connectivity index (χ0n) is 15.2. The molecule has 0 aliphatic carbocycles. The largest absolute Gasteiger partial charge is 0.369 e. The average molecular weight is 333 g/mol. The number of nitrogens with zero attached hydrogens (tertiary/aromatic N) is 2. The summed E-state index contributed by atoms with van der Waals surface area (Å²) in [5.41, 5.74) is 2.66. The first-order valence-corrected chi connectivity index (χ1v) is 8.53. The summed E-state index contributed by atoms with van der Waals surface area (Å²) in [6.07, 6.45) is 1.10. The van der Waals surface area contributed by atoms with Crippen molar-refractivity contribution < 1.29 is 9.50 Å². The van der Waals surface area contributed by atoms with Gasteiger partial charge >= 0.3 is 0 Å². The van der Waals surface area contributed by atoms with Crippen LogP contribution in [0.5, 0.6) is 0 Å². The van der Waals surface area contributed by atoms with Crippen molar-refractivity contribution in [2.24, 2.45) is 13.0 Å². The minimum atomic E-state index is -1.13. The van der Waals surface area contributed by atoms with Crippen LogP contribution in [0.3, 0.4) is 0 Å². The SMILES string of the molecule is Cc1nn(C)c(F)c1C(O)Nc1ccccc1C(C)CCC(C)C. The lowest BCUT2D eigenvalue weighted by atomic mass is 9.91. The van der Waals surface area contributed by atoms with Gasteiger partial charge in [-0.15, -0.1) is 0 Å². The Morgan fingerprint density at radius 3 is 2.46 bits per heavy atom. The van der Waals surface area contributed by atoms with Crippen molar-refractivity contribution >= 4 is 5.69 Å². The maximum atomic E-state index is 14.1. The van der Waals surface area contributed by atoms with E-state index in [0.29, 0.717) is 17.5 Å².